The van der Waals surface area contributed by atoms with Gasteiger partial charge in [0.1, 0.15) is 17.5 Å². The maximum atomic E-state index is 4.59. The Morgan fingerprint density at radius 1 is 1.00 bits per heavy atom. The fourth-order valence-corrected chi connectivity index (χ4v) is 2.74. The zero-order valence-electron chi connectivity index (χ0n) is 12.9. The minimum atomic E-state index is 0.899. The van der Waals surface area contributed by atoms with Crippen molar-refractivity contribution in [3.8, 4) is 0 Å². The molecule has 0 saturated carbocycles. The van der Waals surface area contributed by atoms with Gasteiger partial charge in [-0.1, -0.05) is 19.9 Å². The highest BCUT2D eigenvalue weighted by Gasteiger charge is 2.04. The van der Waals surface area contributed by atoms with Crippen LogP contribution in [0.5, 0.6) is 0 Å². The zero-order valence-corrected chi connectivity index (χ0v) is 13.7. The molecule has 0 aliphatic rings. The Bertz CT molecular complexity index is 525. The van der Waals surface area contributed by atoms with Gasteiger partial charge in [0.15, 0.2) is 0 Å². The summed E-state index contributed by atoms with van der Waals surface area (Å²) in [4.78, 5) is 10.5. The molecule has 0 unspecified atom stereocenters. The van der Waals surface area contributed by atoms with Gasteiger partial charge in [0, 0.05) is 30.5 Å². The van der Waals surface area contributed by atoms with E-state index in [1.807, 2.05) is 6.07 Å². The summed E-state index contributed by atoms with van der Waals surface area (Å²) in [5, 5.41) is 8.88. The van der Waals surface area contributed by atoms with Crippen LogP contribution in [0.2, 0.25) is 0 Å². The van der Waals surface area contributed by atoms with E-state index in [0.29, 0.717) is 0 Å². The van der Waals surface area contributed by atoms with Crippen molar-refractivity contribution in [1.29, 1.82) is 0 Å². The first-order valence-electron chi connectivity index (χ1n) is 7.70. The molecule has 0 aliphatic carbocycles. The number of hydrogen-bond donors (Lipinski definition) is 2. The largest absolute Gasteiger partial charge is 0.370 e. The van der Waals surface area contributed by atoms with Crippen molar-refractivity contribution >= 4 is 23.0 Å². The molecule has 5 heteroatoms. The molecule has 0 radical (unpaired) electrons. The topological polar surface area (TPSA) is 49.8 Å². The van der Waals surface area contributed by atoms with Crippen LogP contribution in [0.15, 0.2) is 23.6 Å². The molecule has 2 rings (SSSR count). The highest BCUT2D eigenvalue weighted by molar-refractivity contribution is 7.09. The number of thiophene rings is 1. The Morgan fingerprint density at radius 2 is 1.76 bits per heavy atom. The monoisotopic (exact) mass is 304 g/mol. The Labute approximate surface area is 131 Å². The summed E-state index contributed by atoms with van der Waals surface area (Å²) in [6.07, 6.45) is 4.10. The van der Waals surface area contributed by atoms with Crippen molar-refractivity contribution in [1.82, 2.24) is 9.97 Å². The third kappa shape index (κ3) is 5.34. The van der Waals surface area contributed by atoms with Crippen LogP contribution in [0.1, 0.15) is 37.4 Å². The zero-order chi connectivity index (χ0) is 14.9. The predicted molar refractivity (Wildman–Crippen MR) is 91.3 cm³/mol. The molecule has 114 valence electrons. The Hall–Kier alpha value is -1.62. The van der Waals surface area contributed by atoms with Crippen molar-refractivity contribution in [3.05, 3.63) is 34.3 Å². The quantitative estimate of drug-likeness (QED) is 0.736. The summed E-state index contributed by atoms with van der Waals surface area (Å²) in [5.74, 6) is 2.76. The van der Waals surface area contributed by atoms with Crippen LogP contribution in [0.25, 0.3) is 0 Å². The normalized spacial score (nSPS) is 10.6. The first-order chi connectivity index (χ1) is 10.3. The molecule has 0 aromatic carbocycles. The van der Waals surface area contributed by atoms with E-state index < -0.39 is 0 Å². The van der Waals surface area contributed by atoms with Crippen LogP contribution in [0, 0.1) is 0 Å². The number of aryl methyl sites for hydroxylation is 1. The van der Waals surface area contributed by atoms with Crippen LogP contribution in [0.4, 0.5) is 11.6 Å². The van der Waals surface area contributed by atoms with Gasteiger partial charge in [-0.15, -0.1) is 11.3 Å². The van der Waals surface area contributed by atoms with Crippen molar-refractivity contribution < 1.29 is 0 Å². The molecule has 21 heavy (non-hydrogen) atoms. The molecule has 4 nitrogen and oxygen atoms in total. The van der Waals surface area contributed by atoms with Gasteiger partial charge in [-0.05, 0) is 30.7 Å². The molecule has 0 bridgehead atoms. The highest BCUT2D eigenvalue weighted by Crippen LogP contribution is 2.14. The molecular weight excluding hydrogens is 280 g/mol. The minimum absolute atomic E-state index is 0.899. The van der Waals surface area contributed by atoms with Crippen molar-refractivity contribution in [3.63, 3.8) is 0 Å². The summed E-state index contributed by atoms with van der Waals surface area (Å²) >= 11 is 1.80. The van der Waals surface area contributed by atoms with Gasteiger partial charge in [-0.25, -0.2) is 9.97 Å². The summed E-state index contributed by atoms with van der Waals surface area (Å²) in [5.41, 5.74) is 0. The van der Waals surface area contributed by atoms with E-state index in [2.05, 4.69) is 52.0 Å². The molecule has 2 heterocycles. The standard InChI is InChI=1S/C16H24N4S/c1-3-6-14-19-15(17-9-4-2)12-16(20-14)18-10-8-13-7-5-11-21-13/h5,7,11-12H,3-4,6,8-10H2,1-2H3,(H2,17,18,19,20). The SMILES string of the molecule is CCCNc1cc(NCCc2cccs2)nc(CCC)n1. The molecule has 0 amide bonds. The predicted octanol–water partition coefficient (Wildman–Crippen LogP) is 3.97. The number of nitrogens with zero attached hydrogens (tertiary/aromatic N) is 2. The van der Waals surface area contributed by atoms with E-state index in [1.165, 1.54) is 4.88 Å². The Kier molecular flexibility index (Phi) is 6.47. The fraction of sp³-hybridized carbons (Fsp3) is 0.500. The summed E-state index contributed by atoms with van der Waals surface area (Å²) in [7, 11) is 0. The van der Waals surface area contributed by atoms with Crippen molar-refractivity contribution in [2.75, 3.05) is 23.7 Å². The van der Waals surface area contributed by atoms with Crippen LogP contribution in [-0.2, 0) is 12.8 Å². The molecular formula is C16H24N4S. The average Bonchev–Trinajstić information content (AvgIpc) is 2.99. The first-order valence-corrected chi connectivity index (χ1v) is 8.58. The van der Waals surface area contributed by atoms with E-state index in [0.717, 1.165) is 56.2 Å². The third-order valence-electron chi connectivity index (χ3n) is 3.06. The first kappa shape index (κ1) is 15.8. The minimum Gasteiger partial charge on any atom is -0.370 e. The van der Waals surface area contributed by atoms with E-state index in [-0.39, 0.29) is 0 Å². The lowest BCUT2D eigenvalue weighted by Gasteiger charge is -2.10. The number of rotatable bonds is 9. The van der Waals surface area contributed by atoms with Gasteiger partial charge < -0.3 is 10.6 Å². The van der Waals surface area contributed by atoms with Crippen LogP contribution in [-0.4, -0.2) is 23.1 Å². The van der Waals surface area contributed by atoms with Crippen LogP contribution < -0.4 is 10.6 Å². The van der Waals surface area contributed by atoms with Gasteiger partial charge in [0.05, 0.1) is 0 Å². The summed E-state index contributed by atoms with van der Waals surface area (Å²) in [6, 6.07) is 6.27. The van der Waals surface area contributed by atoms with E-state index in [1.54, 1.807) is 11.3 Å². The molecule has 0 atom stereocenters. The fourth-order valence-electron chi connectivity index (χ4n) is 2.04. The number of aromatic nitrogens is 2. The Morgan fingerprint density at radius 3 is 2.38 bits per heavy atom. The molecule has 2 aromatic rings. The second kappa shape index (κ2) is 8.62. The lowest BCUT2D eigenvalue weighted by molar-refractivity contribution is 0.830. The van der Waals surface area contributed by atoms with Gasteiger partial charge in [0.2, 0.25) is 0 Å². The number of anilines is 2. The maximum Gasteiger partial charge on any atom is 0.133 e. The van der Waals surface area contributed by atoms with Crippen molar-refractivity contribution in [2.24, 2.45) is 0 Å². The van der Waals surface area contributed by atoms with Gasteiger partial charge in [-0.2, -0.15) is 0 Å². The van der Waals surface area contributed by atoms with Gasteiger partial charge in [-0.3, -0.25) is 0 Å². The van der Waals surface area contributed by atoms with E-state index in [9.17, 15) is 0 Å². The highest BCUT2D eigenvalue weighted by atomic mass is 32.1. The third-order valence-corrected chi connectivity index (χ3v) is 4.00. The molecule has 0 spiro atoms. The van der Waals surface area contributed by atoms with Crippen LogP contribution in [0.3, 0.4) is 0 Å². The second-order valence-electron chi connectivity index (χ2n) is 4.99. The number of hydrogen-bond acceptors (Lipinski definition) is 5. The lowest BCUT2D eigenvalue weighted by atomic mass is 10.3. The average molecular weight is 304 g/mol. The smallest absolute Gasteiger partial charge is 0.133 e. The second-order valence-corrected chi connectivity index (χ2v) is 6.02. The lowest BCUT2D eigenvalue weighted by Crippen LogP contribution is -2.10. The maximum absolute atomic E-state index is 4.59. The van der Waals surface area contributed by atoms with Gasteiger partial charge >= 0.3 is 0 Å². The summed E-state index contributed by atoms with van der Waals surface area (Å²) in [6.45, 7) is 6.15. The molecule has 2 aromatic heterocycles. The molecule has 0 fully saturated rings. The molecule has 0 saturated heterocycles. The Balaban J connectivity index is 1.97. The van der Waals surface area contributed by atoms with E-state index in [4.69, 9.17) is 0 Å². The van der Waals surface area contributed by atoms with Gasteiger partial charge in [0.25, 0.3) is 0 Å². The van der Waals surface area contributed by atoms with Crippen molar-refractivity contribution in [2.45, 2.75) is 39.5 Å². The molecule has 0 aliphatic heterocycles. The molecule has 2 N–H and O–H groups in total. The van der Waals surface area contributed by atoms with Crippen LogP contribution >= 0.6 is 11.3 Å². The number of nitrogens with one attached hydrogen (secondary N) is 2. The summed E-state index contributed by atoms with van der Waals surface area (Å²) < 4.78 is 0. The van der Waals surface area contributed by atoms with E-state index >= 15 is 0 Å².